The van der Waals surface area contributed by atoms with E-state index < -0.39 is 0 Å². The first kappa shape index (κ1) is 23.0. The molecule has 2 aromatic rings. The Morgan fingerprint density at radius 1 is 1.29 bits per heavy atom. The Morgan fingerprint density at radius 2 is 2.07 bits per heavy atom. The van der Waals surface area contributed by atoms with Crippen molar-refractivity contribution < 1.29 is 0 Å². The van der Waals surface area contributed by atoms with E-state index in [9.17, 15) is 0 Å². The topological polar surface area (TPSA) is 84.9 Å². The van der Waals surface area contributed by atoms with E-state index in [1.54, 1.807) is 25.0 Å². The van der Waals surface area contributed by atoms with Gasteiger partial charge in [-0.2, -0.15) is 5.10 Å². The number of aromatic nitrogens is 5. The van der Waals surface area contributed by atoms with Crippen LogP contribution in [0.2, 0.25) is 0 Å². The Morgan fingerprint density at radius 3 is 2.71 bits per heavy atom. The minimum absolute atomic E-state index is 0. The van der Waals surface area contributed by atoms with Gasteiger partial charge in [0.05, 0.1) is 12.2 Å². The summed E-state index contributed by atoms with van der Waals surface area (Å²) in [6.45, 7) is 1.54. The van der Waals surface area contributed by atoms with Crippen molar-refractivity contribution in [3.63, 3.8) is 0 Å². The second-order valence-corrected chi connectivity index (χ2v) is 7.59. The standard InChI is InChI=1S/C18H30N8S.HI/c1-19-17(21-13-15-10-12-22-25(15)2)20-11-6-9-16-23-24-18(27-3)26(16)14-7-4-5-8-14;/h10,12,14H,4-9,11,13H2,1-3H3,(H2,19,20,21);1H. The lowest BCUT2D eigenvalue weighted by Gasteiger charge is -2.16. The molecule has 2 aromatic heterocycles. The normalized spacial score (nSPS) is 14.9. The molecule has 0 aliphatic heterocycles. The average molecular weight is 518 g/mol. The Bertz CT molecular complexity index is 751. The van der Waals surface area contributed by atoms with Crippen LogP contribution < -0.4 is 10.6 Å². The van der Waals surface area contributed by atoms with E-state index in [-0.39, 0.29) is 24.0 Å². The molecule has 0 aromatic carbocycles. The highest BCUT2D eigenvalue weighted by atomic mass is 127. The highest BCUT2D eigenvalue weighted by molar-refractivity contribution is 14.0. The van der Waals surface area contributed by atoms with Crippen LogP contribution in [0, 0.1) is 0 Å². The number of aliphatic imine (C=N–C) groups is 1. The summed E-state index contributed by atoms with van der Waals surface area (Å²) in [6.07, 6.45) is 10.9. The largest absolute Gasteiger partial charge is 0.356 e. The van der Waals surface area contributed by atoms with Crippen LogP contribution in [0.1, 0.15) is 49.7 Å². The van der Waals surface area contributed by atoms with Gasteiger partial charge in [0, 0.05) is 39.3 Å². The Labute approximate surface area is 188 Å². The first-order valence-electron chi connectivity index (χ1n) is 9.62. The third-order valence-corrected chi connectivity index (χ3v) is 5.70. The van der Waals surface area contributed by atoms with Gasteiger partial charge in [-0.25, -0.2) is 0 Å². The maximum Gasteiger partial charge on any atom is 0.191 e. The molecule has 10 heteroatoms. The van der Waals surface area contributed by atoms with Gasteiger partial charge in [-0.15, -0.1) is 34.2 Å². The predicted octanol–water partition coefficient (Wildman–Crippen LogP) is 2.76. The fourth-order valence-corrected chi connectivity index (χ4v) is 4.14. The number of nitrogens with one attached hydrogen (secondary N) is 2. The average Bonchev–Trinajstić information content (AvgIpc) is 3.41. The van der Waals surface area contributed by atoms with Crippen LogP contribution in [0.5, 0.6) is 0 Å². The Balaban J connectivity index is 0.00000280. The second kappa shape index (κ2) is 11.6. The lowest BCUT2D eigenvalue weighted by molar-refractivity contribution is 0.460. The molecule has 0 bridgehead atoms. The molecule has 0 saturated heterocycles. The Hall–Kier alpha value is -1.30. The molecule has 2 heterocycles. The van der Waals surface area contributed by atoms with Crippen molar-refractivity contribution in [1.82, 2.24) is 35.2 Å². The number of hydrogen-bond donors (Lipinski definition) is 2. The molecule has 8 nitrogen and oxygen atoms in total. The fraction of sp³-hybridized carbons (Fsp3) is 0.667. The summed E-state index contributed by atoms with van der Waals surface area (Å²) in [5, 5.41) is 20.8. The molecule has 0 radical (unpaired) electrons. The molecular formula is C18H31IN8S. The number of rotatable bonds is 8. The number of guanidine groups is 1. The van der Waals surface area contributed by atoms with Crippen LogP contribution in [-0.2, 0) is 20.0 Å². The van der Waals surface area contributed by atoms with E-state index in [1.807, 2.05) is 17.8 Å². The monoisotopic (exact) mass is 518 g/mol. The minimum Gasteiger partial charge on any atom is -0.356 e. The lowest BCUT2D eigenvalue weighted by atomic mass is 10.2. The molecule has 1 fully saturated rings. The zero-order chi connectivity index (χ0) is 19.1. The third-order valence-electron chi connectivity index (χ3n) is 5.06. The fourth-order valence-electron chi connectivity index (χ4n) is 3.57. The quantitative estimate of drug-likeness (QED) is 0.184. The first-order chi connectivity index (χ1) is 13.2. The van der Waals surface area contributed by atoms with Crippen molar-refractivity contribution in [2.75, 3.05) is 19.8 Å². The smallest absolute Gasteiger partial charge is 0.191 e. The number of aryl methyl sites for hydroxylation is 2. The molecular weight excluding hydrogens is 487 g/mol. The number of thioether (sulfide) groups is 1. The SMILES string of the molecule is CN=C(NCCCc1nnc(SC)n1C1CCCC1)NCc1ccnn1C.I. The van der Waals surface area contributed by atoms with Crippen LogP contribution in [0.25, 0.3) is 0 Å². The molecule has 3 rings (SSSR count). The van der Waals surface area contributed by atoms with Crippen molar-refractivity contribution in [2.24, 2.45) is 12.0 Å². The van der Waals surface area contributed by atoms with E-state index in [2.05, 4.69) is 41.7 Å². The van der Waals surface area contributed by atoms with Gasteiger partial charge in [-0.1, -0.05) is 24.6 Å². The summed E-state index contributed by atoms with van der Waals surface area (Å²) in [4.78, 5) is 4.29. The van der Waals surface area contributed by atoms with Gasteiger partial charge in [0.2, 0.25) is 0 Å². The van der Waals surface area contributed by atoms with E-state index in [4.69, 9.17) is 0 Å². The zero-order valence-electron chi connectivity index (χ0n) is 16.9. The molecule has 1 aliphatic rings. The molecule has 2 N–H and O–H groups in total. The summed E-state index contributed by atoms with van der Waals surface area (Å²) in [6, 6.07) is 2.58. The van der Waals surface area contributed by atoms with Crippen LogP contribution in [-0.4, -0.2) is 50.4 Å². The van der Waals surface area contributed by atoms with Crippen molar-refractivity contribution in [1.29, 1.82) is 0 Å². The van der Waals surface area contributed by atoms with Gasteiger partial charge >= 0.3 is 0 Å². The van der Waals surface area contributed by atoms with E-state index >= 15 is 0 Å². The molecule has 0 spiro atoms. The highest BCUT2D eigenvalue weighted by Gasteiger charge is 2.23. The molecule has 0 amide bonds. The minimum atomic E-state index is 0. The van der Waals surface area contributed by atoms with E-state index in [0.29, 0.717) is 12.6 Å². The van der Waals surface area contributed by atoms with Crippen LogP contribution >= 0.6 is 35.7 Å². The summed E-state index contributed by atoms with van der Waals surface area (Å²) in [5.41, 5.74) is 1.12. The van der Waals surface area contributed by atoms with Gasteiger partial charge in [0.15, 0.2) is 11.1 Å². The van der Waals surface area contributed by atoms with Gasteiger partial charge < -0.3 is 15.2 Å². The van der Waals surface area contributed by atoms with Crippen molar-refractivity contribution >= 4 is 41.7 Å². The van der Waals surface area contributed by atoms with Crippen LogP contribution in [0.15, 0.2) is 22.4 Å². The van der Waals surface area contributed by atoms with Crippen LogP contribution in [0.4, 0.5) is 0 Å². The first-order valence-corrected chi connectivity index (χ1v) is 10.8. The maximum absolute atomic E-state index is 4.46. The second-order valence-electron chi connectivity index (χ2n) is 6.81. The molecule has 0 atom stereocenters. The summed E-state index contributed by atoms with van der Waals surface area (Å²) < 4.78 is 4.24. The summed E-state index contributed by atoms with van der Waals surface area (Å²) in [5.74, 6) is 1.92. The Kier molecular flexibility index (Phi) is 9.56. The predicted molar refractivity (Wildman–Crippen MR) is 124 cm³/mol. The summed E-state index contributed by atoms with van der Waals surface area (Å²) in [7, 11) is 3.73. The highest BCUT2D eigenvalue weighted by Crippen LogP contribution is 2.33. The molecule has 1 aliphatic carbocycles. The molecule has 28 heavy (non-hydrogen) atoms. The van der Waals surface area contributed by atoms with E-state index in [1.165, 1.54) is 25.7 Å². The van der Waals surface area contributed by atoms with E-state index in [0.717, 1.165) is 42.0 Å². The third kappa shape index (κ3) is 5.85. The van der Waals surface area contributed by atoms with Gasteiger partial charge in [0.1, 0.15) is 5.82 Å². The van der Waals surface area contributed by atoms with Crippen molar-refractivity contribution in [3.05, 3.63) is 23.8 Å². The van der Waals surface area contributed by atoms with Gasteiger partial charge in [0.25, 0.3) is 0 Å². The summed E-state index contributed by atoms with van der Waals surface area (Å²) >= 11 is 1.69. The van der Waals surface area contributed by atoms with Crippen LogP contribution in [0.3, 0.4) is 0 Å². The van der Waals surface area contributed by atoms with Crippen molar-refractivity contribution in [2.45, 2.75) is 56.3 Å². The molecule has 156 valence electrons. The van der Waals surface area contributed by atoms with Crippen molar-refractivity contribution in [3.8, 4) is 0 Å². The molecule has 0 unspecified atom stereocenters. The lowest BCUT2D eigenvalue weighted by Crippen LogP contribution is -2.37. The zero-order valence-corrected chi connectivity index (χ0v) is 20.0. The maximum atomic E-state index is 4.46. The number of hydrogen-bond acceptors (Lipinski definition) is 5. The number of halogens is 1. The number of nitrogens with zero attached hydrogens (tertiary/aromatic N) is 6. The molecule has 1 saturated carbocycles. The van der Waals surface area contributed by atoms with Gasteiger partial charge in [-0.3, -0.25) is 9.67 Å². The van der Waals surface area contributed by atoms with Gasteiger partial charge in [-0.05, 0) is 31.6 Å².